The van der Waals surface area contributed by atoms with E-state index in [1.165, 1.54) is 17.0 Å². The van der Waals surface area contributed by atoms with Gasteiger partial charge in [0, 0.05) is 30.5 Å². The normalized spacial score (nSPS) is 16.1. The Hall–Kier alpha value is -2.62. The Kier molecular flexibility index (Phi) is 5.68. The lowest BCUT2D eigenvalue weighted by molar-refractivity contribution is -0.139. The van der Waals surface area contributed by atoms with Gasteiger partial charge < -0.3 is 15.0 Å². The average Bonchev–Trinajstić information content (AvgIpc) is 3.27. The van der Waals surface area contributed by atoms with E-state index in [-0.39, 0.29) is 4.90 Å². The lowest BCUT2D eigenvalue weighted by atomic mass is 10.1. The van der Waals surface area contributed by atoms with Crippen LogP contribution < -0.4 is 5.01 Å². The maximum absolute atomic E-state index is 12.8. The molecular formula is C20H21ClN4O4S. The first-order chi connectivity index (χ1) is 14.3. The Morgan fingerprint density at radius 1 is 1.10 bits per heavy atom. The highest BCUT2D eigenvalue weighted by Crippen LogP contribution is 2.23. The van der Waals surface area contributed by atoms with E-state index in [0.29, 0.717) is 31.2 Å². The molecule has 1 amide bonds. The number of aliphatic hydroxyl groups excluding tert-OH is 1. The summed E-state index contributed by atoms with van der Waals surface area (Å²) in [6, 6.07) is 9.82. The van der Waals surface area contributed by atoms with Crippen LogP contribution in [0.15, 0.2) is 60.0 Å². The number of piperazine rings is 1. The summed E-state index contributed by atoms with van der Waals surface area (Å²) in [7, 11) is -3.84. The van der Waals surface area contributed by atoms with Gasteiger partial charge in [-0.15, -0.1) is 0 Å². The average molecular weight is 449 g/mol. The van der Waals surface area contributed by atoms with Crippen LogP contribution >= 0.6 is 11.6 Å². The number of hydrogen-bond donors (Lipinski definition) is 1. The topological polar surface area (TPSA) is 95.7 Å². The zero-order chi connectivity index (χ0) is 21.3. The molecular weight excluding hydrogens is 428 g/mol. The number of aliphatic hydroxyl groups is 1. The van der Waals surface area contributed by atoms with E-state index in [9.17, 15) is 18.3 Å². The van der Waals surface area contributed by atoms with Crippen LogP contribution in [0, 0.1) is 0 Å². The number of sulfone groups is 1. The summed E-state index contributed by atoms with van der Waals surface area (Å²) in [4.78, 5) is 18.2. The number of amides is 1. The molecule has 2 aromatic carbocycles. The van der Waals surface area contributed by atoms with Crippen molar-refractivity contribution >= 4 is 38.1 Å². The van der Waals surface area contributed by atoms with Gasteiger partial charge >= 0.3 is 0 Å². The molecule has 1 aliphatic rings. The molecule has 0 radical (unpaired) electrons. The number of imidazole rings is 1. The van der Waals surface area contributed by atoms with Crippen LogP contribution in [-0.4, -0.2) is 72.0 Å². The van der Waals surface area contributed by atoms with Crippen molar-refractivity contribution in [2.45, 2.75) is 11.0 Å². The summed E-state index contributed by atoms with van der Waals surface area (Å²) in [5, 5.41) is 14.5. The third-order valence-electron chi connectivity index (χ3n) is 5.18. The summed E-state index contributed by atoms with van der Waals surface area (Å²) in [6.07, 6.45) is 3.55. The fourth-order valence-electron chi connectivity index (χ4n) is 3.54. The van der Waals surface area contributed by atoms with Crippen molar-refractivity contribution in [3.05, 3.63) is 60.1 Å². The first kappa shape index (κ1) is 20.6. The van der Waals surface area contributed by atoms with Gasteiger partial charge in [-0.05, 0) is 35.0 Å². The van der Waals surface area contributed by atoms with E-state index in [0.717, 1.165) is 10.8 Å². The van der Waals surface area contributed by atoms with Crippen molar-refractivity contribution in [3.8, 4) is 0 Å². The van der Waals surface area contributed by atoms with Crippen LogP contribution in [0.4, 0.5) is 0 Å². The smallest absolute Gasteiger partial charge is 0.252 e. The Morgan fingerprint density at radius 2 is 1.80 bits per heavy atom. The van der Waals surface area contributed by atoms with Gasteiger partial charge in [-0.1, -0.05) is 23.7 Å². The molecule has 0 bridgehead atoms. The van der Waals surface area contributed by atoms with Crippen LogP contribution in [0.2, 0.25) is 5.02 Å². The SMILES string of the molecule is O=C([C@H](O)CS(=O)(=O)c1ccc2cc(Cl)ccc2c1)N1CCN(n2ccnc2)CC1. The van der Waals surface area contributed by atoms with Gasteiger partial charge in [0.1, 0.15) is 12.4 Å². The van der Waals surface area contributed by atoms with Crippen molar-refractivity contribution in [2.75, 3.05) is 36.9 Å². The molecule has 0 unspecified atom stereocenters. The van der Waals surface area contributed by atoms with Crippen LogP contribution in [-0.2, 0) is 14.6 Å². The third-order valence-corrected chi connectivity index (χ3v) is 7.14. The lowest BCUT2D eigenvalue weighted by Gasteiger charge is -2.36. The summed E-state index contributed by atoms with van der Waals surface area (Å²) < 4.78 is 27.4. The predicted octanol–water partition coefficient (Wildman–Crippen LogP) is 1.30. The molecule has 0 aliphatic carbocycles. The highest BCUT2D eigenvalue weighted by molar-refractivity contribution is 7.91. The molecule has 1 fully saturated rings. The summed E-state index contributed by atoms with van der Waals surface area (Å²) in [5.74, 6) is -1.23. The molecule has 158 valence electrons. The number of rotatable bonds is 5. The number of carbonyl (C=O) groups excluding carboxylic acids is 1. The van der Waals surface area contributed by atoms with Gasteiger partial charge in [-0.25, -0.2) is 13.4 Å². The standard InChI is InChI=1S/C20H21ClN4O4S/c21-17-3-1-16-12-18(4-2-15(16)11-17)30(28,29)13-19(26)20(27)23-7-9-24(10-8-23)25-6-5-22-14-25/h1-6,11-12,14,19,26H,7-10,13H2/t19-/m1/s1. The number of nitrogens with zero attached hydrogens (tertiary/aromatic N) is 4. The molecule has 1 N–H and O–H groups in total. The lowest BCUT2D eigenvalue weighted by Crippen LogP contribution is -2.55. The van der Waals surface area contributed by atoms with Crippen LogP contribution in [0.1, 0.15) is 0 Å². The van der Waals surface area contributed by atoms with E-state index in [4.69, 9.17) is 11.6 Å². The summed E-state index contributed by atoms with van der Waals surface area (Å²) >= 11 is 5.96. The number of hydrogen-bond acceptors (Lipinski definition) is 6. The maximum Gasteiger partial charge on any atom is 0.252 e. The Morgan fingerprint density at radius 3 is 2.50 bits per heavy atom. The molecule has 3 aromatic rings. The van der Waals surface area contributed by atoms with Gasteiger partial charge in [0.2, 0.25) is 0 Å². The zero-order valence-electron chi connectivity index (χ0n) is 16.1. The van der Waals surface area contributed by atoms with Gasteiger partial charge in [-0.2, -0.15) is 0 Å². The highest BCUT2D eigenvalue weighted by atomic mass is 35.5. The monoisotopic (exact) mass is 448 g/mol. The fraction of sp³-hybridized carbons (Fsp3) is 0.300. The quantitative estimate of drug-likeness (QED) is 0.632. The summed E-state index contributed by atoms with van der Waals surface area (Å²) in [5.41, 5.74) is 0. The van der Waals surface area contributed by atoms with Gasteiger partial charge in [0.15, 0.2) is 9.84 Å². The number of benzene rings is 2. The first-order valence-corrected chi connectivity index (χ1v) is 11.5. The number of aromatic nitrogens is 2. The predicted molar refractivity (Wildman–Crippen MR) is 114 cm³/mol. The second-order valence-corrected chi connectivity index (χ2v) is 9.64. The minimum atomic E-state index is -3.84. The van der Waals surface area contributed by atoms with Crippen molar-refractivity contribution in [2.24, 2.45) is 0 Å². The minimum Gasteiger partial charge on any atom is -0.382 e. The minimum absolute atomic E-state index is 0.0640. The molecule has 8 nitrogen and oxygen atoms in total. The molecule has 1 saturated heterocycles. The Balaban J connectivity index is 1.41. The molecule has 0 saturated carbocycles. The third kappa shape index (κ3) is 4.28. The van der Waals surface area contributed by atoms with E-state index >= 15 is 0 Å². The van der Waals surface area contributed by atoms with E-state index in [1.807, 2.05) is 15.9 Å². The van der Waals surface area contributed by atoms with Crippen LogP contribution in [0.5, 0.6) is 0 Å². The molecule has 1 atom stereocenters. The van der Waals surface area contributed by atoms with Crippen molar-refractivity contribution in [1.82, 2.24) is 14.6 Å². The molecule has 0 spiro atoms. The number of carbonyl (C=O) groups is 1. The molecule has 30 heavy (non-hydrogen) atoms. The van der Waals surface area contributed by atoms with Crippen molar-refractivity contribution in [3.63, 3.8) is 0 Å². The van der Waals surface area contributed by atoms with E-state index in [2.05, 4.69) is 4.98 Å². The Labute approximate surface area is 179 Å². The second kappa shape index (κ2) is 8.25. The first-order valence-electron chi connectivity index (χ1n) is 9.46. The van der Waals surface area contributed by atoms with Gasteiger partial charge in [0.05, 0.1) is 23.7 Å². The molecule has 2 heterocycles. The van der Waals surface area contributed by atoms with E-state index in [1.54, 1.807) is 36.8 Å². The van der Waals surface area contributed by atoms with Gasteiger partial charge in [-0.3, -0.25) is 9.47 Å². The van der Waals surface area contributed by atoms with E-state index < -0.39 is 27.6 Å². The molecule has 10 heteroatoms. The molecule has 1 aromatic heterocycles. The van der Waals surface area contributed by atoms with Crippen molar-refractivity contribution in [1.29, 1.82) is 0 Å². The van der Waals surface area contributed by atoms with Crippen molar-refractivity contribution < 1.29 is 18.3 Å². The number of halogens is 1. The maximum atomic E-state index is 12.8. The summed E-state index contributed by atoms with van der Waals surface area (Å²) in [6.45, 7) is 1.92. The molecule has 4 rings (SSSR count). The zero-order valence-corrected chi connectivity index (χ0v) is 17.6. The van der Waals surface area contributed by atoms with Gasteiger partial charge in [0.25, 0.3) is 5.91 Å². The second-order valence-electron chi connectivity index (χ2n) is 7.17. The number of fused-ring (bicyclic) bond motifs is 1. The van der Waals surface area contributed by atoms with Crippen LogP contribution in [0.3, 0.4) is 0 Å². The largest absolute Gasteiger partial charge is 0.382 e. The molecule has 1 aliphatic heterocycles. The van der Waals surface area contributed by atoms with Crippen LogP contribution in [0.25, 0.3) is 10.8 Å². The highest BCUT2D eigenvalue weighted by Gasteiger charge is 2.30. The fourth-order valence-corrected chi connectivity index (χ4v) is 5.05. The Bertz CT molecular complexity index is 1160.